The van der Waals surface area contributed by atoms with E-state index in [1.54, 1.807) is 7.05 Å². The van der Waals surface area contributed by atoms with E-state index in [-0.39, 0.29) is 23.9 Å². The molecule has 2 N–H and O–H groups in total. The molecule has 0 spiro atoms. The molecule has 3 unspecified atom stereocenters. The predicted molar refractivity (Wildman–Crippen MR) is 96.5 cm³/mol. The smallest absolute Gasteiger partial charge is 0.315 e. The number of urea groups is 1. The molecule has 0 aromatic rings. The highest BCUT2D eigenvalue weighted by Crippen LogP contribution is 2.26. The Morgan fingerprint density at radius 1 is 1.33 bits per heavy atom. The second kappa shape index (κ2) is 8.71. The molecule has 24 heavy (non-hydrogen) atoms. The molecule has 3 atom stereocenters. The van der Waals surface area contributed by atoms with Gasteiger partial charge in [0.05, 0.1) is 0 Å². The lowest BCUT2D eigenvalue weighted by Gasteiger charge is -2.32. The summed E-state index contributed by atoms with van der Waals surface area (Å²) < 4.78 is 0. The average Bonchev–Trinajstić information content (AvgIpc) is 3.02. The number of allylic oxidation sites excluding steroid dienone is 5. The van der Waals surface area contributed by atoms with Crippen molar-refractivity contribution in [3.63, 3.8) is 0 Å². The first-order valence-electron chi connectivity index (χ1n) is 8.82. The number of likely N-dealkylation sites (tertiary alicyclic amines) is 1. The zero-order chi connectivity index (χ0) is 17.5. The summed E-state index contributed by atoms with van der Waals surface area (Å²) in [5, 5.41) is 5.46. The normalized spacial score (nSPS) is 28.2. The van der Waals surface area contributed by atoms with Crippen molar-refractivity contribution in [2.45, 2.75) is 51.1 Å². The maximum atomic E-state index is 13.1. The number of carbonyl (C=O) groups is 2. The summed E-state index contributed by atoms with van der Waals surface area (Å²) in [5.74, 6) is 0.0797. The van der Waals surface area contributed by atoms with E-state index >= 15 is 0 Å². The fourth-order valence-electron chi connectivity index (χ4n) is 3.50. The number of nitrogens with zero attached hydrogens (tertiary/aromatic N) is 1. The summed E-state index contributed by atoms with van der Waals surface area (Å²) in [5.41, 5.74) is 0.984. The third-order valence-corrected chi connectivity index (χ3v) is 4.89. The second-order valence-electron chi connectivity index (χ2n) is 6.71. The van der Waals surface area contributed by atoms with Crippen molar-refractivity contribution >= 4 is 11.9 Å². The van der Waals surface area contributed by atoms with Crippen molar-refractivity contribution in [1.29, 1.82) is 0 Å². The van der Waals surface area contributed by atoms with Crippen molar-refractivity contribution in [1.82, 2.24) is 15.5 Å². The van der Waals surface area contributed by atoms with Gasteiger partial charge in [-0.3, -0.25) is 4.79 Å². The largest absolute Gasteiger partial charge is 0.341 e. The lowest BCUT2D eigenvalue weighted by atomic mass is 9.87. The van der Waals surface area contributed by atoms with Crippen LogP contribution in [0.4, 0.5) is 4.79 Å². The van der Waals surface area contributed by atoms with E-state index in [0.29, 0.717) is 6.42 Å². The number of amides is 3. The first-order chi connectivity index (χ1) is 11.5. The molecule has 132 valence electrons. The molecule has 0 saturated carbocycles. The molecule has 1 heterocycles. The topological polar surface area (TPSA) is 61.4 Å². The minimum absolute atomic E-state index is 0.0357. The van der Waals surface area contributed by atoms with E-state index in [9.17, 15) is 9.59 Å². The molecule has 0 bridgehead atoms. The van der Waals surface area contributed by atoms with E-state index < -0.39 is 6.04 Å². The molecule has 1 aliphatic heterocycles. The Morgan fingerprint density at radius 3 is 2.79 bits per heavy atom. The SMILES string of the molecule is C=C1/C=C\C=C/CCC(C(NC(=O)NC)C(=O)N2CCCC2C)C1. The van der Waals surface area contributed by atoms with Crippen molar-refractivity contribution < 1.29 is 9.59 Å². The van der Waals surface area contributed by atoms with E-state index in [1.807, 2.05) is 23.1 Å². The monoisotopic (exact) mass is 331 g/mol. The highest BCUT2D eigenvalue weighted by atomic mass is 16.2. The Morgan fingerprint density at radius 2 is 2.12 bits per heavy atom. The maximum Gasteiger partial charge on any atom is 0.315 e. The van der Waals surface area contributed by atoms with Crippen molar-refractivity contribution in [2.24, 2.45) is 5.92 Å². The predicted octanol–water partition coefficient (Wildman–Crippen LogP) is 2.76. The summed E-state index contributed by atoms with van der Waals surface area (Å²) in [4.78, 5) is 27.0. The van der Waals surface area contributed by atoms with Gasteiger partial charge in [-0.2, -0.15) is 0 Å². The third-order valence-electron chi connectivity index (χ3n) is 4.89. The second-order valence-corrected chi connectivity index (χ2v) is 6.71. The zero-order valence-electron chi connectivity index (χ0n) is 14.8. The van der Waals surface area contributed by atoms with Crippen LogP contribution in [0.5, 0.6) is 0 Å². The Bertz CT molecular complexity index is 539. The minimum Gasteiger partial charge on any atom is -0.341 e. The van der Waals surface area contributed by atoms with Crippen LogP contribution in [0.2, 0.25) is 0 Å². The van der Waals surface area contributed by atoms with E-state index in [2.05, 4.69) is 30.2 Å². The fraction of sp³-hybridized carbons (Fsp3) is 0.579. The molecule has 0 aromatic heterocycles. The van der Waals surface area contributed by atoms with Crippen molar-refractivity contribution in [2.75, 3.05) is 13.6 Å². The summed E-state index contributed by atoms with van der Waals surface area (Å²) in [6.07, 6.45) is 12.6. The van der Waals surface area contributed by atoms with Crippen LogP contribution < -0.4 is 10.6 Å². The van der Waals surface area contributed by atoms with Gasteiger partial charge in [0.1, 0.15) is 6.04 Å². The molecule has 5 heteroatoms. The Hall–Kier alpha value is -2.04. The van der Waals surface area contributed by atoms with Crippen molar-refractivity contribution in [3.8, 4) is 0 Å². The Balaban J connectivity index is 2.21. The van der Waals surface area contributed by atoms with Gasteiger partial charge < -0.3 is 15.5 Å². The van der Waals surface area contributed by atoms with Gasteiger partial charge in [-0.05, 0) is 44.9 Å². The number of hydrogen-bond acceptors (Lipinski definition) is 2. The number of rotatable bonds is 3. The molecule has 1 aliphatic carbocycles. The average molecular weight is 331 g/mol. The molecular formula is C19H29N3O2. The van der Waals surface area contributed by atoms with Gasteiger partial charge in [-0.25, -0.2) is 4.79 Å². The van der Waals surface area contributed by atoms with E-state index in [0.717, 1.165) is 37.8 Å². The molecule has 0 radical (unpaired) electrons. The maximum absolute atomic E-state index is 13.1. The molecule has 2 aliphatic rings. The van der Waals surface area contributed by atoms with Crippen LogP contribution >= 0.6 is 0 Å². The van der Waals surface area contributed by atoms with Gasteiger partial charge in [0, 0.05) is 19.6 Å². The molecule has 0 aromatic carbocycles. The Labute approximate surface area is 144 Å². The van der Waals surface area contributed by atoms with Crippen LogP contribution in [-0.2, 0) is 4.79 Å². The molecule has 1 fully saturated rings. The number of hydrogen-bond donors (Lipinski definition) is 2. The van der Waals surface area contributed by atoms with Crippen LogP contribution in [0.3, 0.4) is 0 Å². The number of carbonyl (C=O) groups excluding carboxylic acids is 2. The minimum atomic E-state index is -0.512. The fourth-order valence-corrected chi connectivity index (χ4v) is 3.50. The Kier molecular flexibility index (Phi) is 6.64. The summed E-state index contributed by atoms with van der Waals surface area (Å²) in [6, 6.07) is -0.579. The van der Waals surface area contributed by atoms with E-state index in [4.69, 9.17) is 0 Å². The molecule has 3 amide bonds. The lowest BCUT2D eigenvalue weighted by Crippen LogP contribution is -2.54. The highest BCUT2D eigenvalue weighted by molar-refractivity contribution is 5.87. The summed E-state index contributed by atoms with van der Waals surface area (Å²) in [6.45, 7) is 6.94. The van der Waals surface area contributed by atoms with Crippen molar-refractivity contribution in [3.05, 3.63) is 36.5 Å². The van der Waals surface area contributed by atoms with E-state index in [1.165, 1.54) is 0 Å². The van der Waals surface area contributed by atoms with Crippen LogP contribution in [0.15, 0.2) is 36.5 Å². The number of nitrogens with one attached hydrogen (secondary N) is 2. The quantitative estimate of drug-likeness (QED) is 0.835. The van der Waals surface area contributed by atoms with Gasteiger partial charge in [0.25, 0.3) is 0 Å². The zero-order valence-corrected chi connectivity index (χ0v) is 14.8. The molecule has 1 saturated heterocycles. The van der Waals surface area contributed by atoms with Crippen LogP contribution in [0, 0.1) is 5.92 Å². The van der Waals surface area contributed by atoms with Crippen LogP contribution in [0.1, 0.15) is 39.0 Å². The van der Waals surface area contributed by atoms with Gasteiger partial charge in [0.2, 0.25) is 5.91 Å². The van der Waals surface area contributed by atoms with Crippen LogP contribution in [-0.4, -0.2) is 42.5 Å². The van der Waals surface area contributed by atoms with Gasteiger partial charge in [-0.1, -0.05) is 36.5 Å². The van der Waals surface area contributed by atoms with Gasteiger partial charge in [-0.15, -0.1) is 0 Å². The first-order valence-corrected chi connectivity index (χ1v) is 8.82. The lowest BCUT2D eigenvalue weighted by molar-refractivity contribution is -0.135. The summed E-state index contributed by atoms with van der Waals surface area (Å²) >= 11 is 0. The van der Waals surface area contributed by atoms with Gasteiger partial charge >= 0.3 is 6.03 Å². The summed E-state index contributed by atoms with van der Waals surface area (Å²) in [7, 11) is 1.57. The molecule has 5 nitrogen and oxygen atoms in total. The highest BCUT2D eigenvalue weighted by Gasteiger charge is 2.36. The third kappa shape index (κ3) is 4.73. The first kappa shape index (κ1) is 18.3. The molecule has 2 rings (SSSR count). The molecular weight excluding hydrogens is 302 g/mol. The standard InChI is InChI=1S/C19H29N3O2/c1-14-9-6-4-5-7-11-16(13-14)17(21-19(24)20-3)18(23)22-12-8-10-15(22)2/h4-6,9,15-17H,1,7-8,10-13H2,2-3H3,(H2,20,21,24)/b5-4-,9-6-. The van der Waals surface area contributed by atoms with Gasteiger partial charge in [0.15, 0.2) is 0 Å². The van der Waals surface area contributed by atoms with Crippen LogP contribution in [0.25, 0.3) is 0 Å².